The minimum atomic E-state index is -0.220. The van der Waals surface area contributed by atoms with Crippen molar-refractivity contribution in [3.8, 4) is 0 Å². The first-order valence-electron chi connectivity index (χ1n) is 10.4. The Kier molecular flexibility index (Phi) is 5.22. The molecule has 0 fully saturated rings. The van der Waals surface area contributed by atoms with E-state index < -0.39 is 0 Å². The van der Waals surface area contributed by atoms with Crippen LogP contribution in [0.2, 0.25) is 0 Å². The fourth-order valence-corrected chi connectivity index (χ4v) is 4.25. The van der Waals surface area contributed by atoms with Crippen molar-refractivity contribution in [1.82, 2.24) is 24.1 Å². The highest BCUT2D eigenvalue weighted by Gasteiger charge is 2.18. The van der Waals surface area contributed by atoms with E-state index in [4.69, 9.17) is 5.10 Å². The summed E-state index contributed by atoms with van der Waals surface area (Å²) in [4.78, 5) is 22.1. The number of aromatic nitrogens is 5. The van der Waals surface area contributed by atoms with Gasteiger partial charge in [-0.2, -0.15) is 5.10 Å². The van der Waals surface area contributed by atoms with E-state index in [1.807, 2.05) is 66.3 Å². The van der Waals surface area contributed by atoms with Gasteiger partial charge in [-0.3, -0.25) is 18.9 Å². The number of aryl methyl sites for hydroxylation is 2. The molecule has 0 saturated heterocycles. The van der Waals surface area contributed by atoms with Gasteiger partial charge in [0, 0.05) is 21.7 Å². The van der Waals surface area contributed by atoms with E-state index in [1.165, 1.54) is 0 Å². The predicted molar refractivity (Wildman–Crippen MR) is 128 cm³/mol. The Balaban J connectivity index is 1.52. The average molecular weight is 489 g/mol. The molecule has 0 atom stereocenters. The average Bonchev–Trinajstić information content (AvgIpc) is 3.35. The molecule has 1 N–H and O–H groups in total. The Hall–Kier alpha value is -3.52. The molecule has 0 aliphatic rings. The first kappa shape index (κ1) is 20.4. The van der Waals surface area contributed by atoms with Crippen molar-refractivity contribution >= 4 is 44.1 Å². The van der Waals surface area contributed by atoms with Crippen LogP contribution in [0, 0.1) is 6.92 Å². The van der Waals surface area contributed by atoms with Crippen molar-refractivity contribution in [2.24, 2.45) is 0 Å². The van der Waals surface area contributed by atoms with Crippen LogP contribution in [0.4, 0.5) is 5.69 Å². The monoisotopic (exact) mass is 488 g/mol. The molecule has 0 aliphatic heterocycles. The lowest BCUT2D eigenvalue weighted by Gasteiger charge is -2.08. The van der Waals surface area contributed by atoms with Gasteiger partial charge in [-0.15, -0.1) is 0 Å². The van der Waals surface area contributed by atoms with Gasteiger partial charge in [0.1, 0.15) is 11.3 Å². The molecule has 32 heavy (non-hydrogen) atoms. The quantitative estimate of drug-likeness (QED) is 0.377. The smallest absolute Gasteiger partial charge is 0.274 e. The van der Waals surface area contributed by atoms with E-state index >= 15 is 0 Å². The molecule has 0 unspecified atom stereocenters. The Morgan fingerprint density at radius 1 is 1.16 bits per heavy atom. The van der Waals surface area contributed by atoms with Crippen molar-refractivity contribution in [3.63, 3.8) is 0 Å². The first-order valence-corrected chi connectivity index (χ1v) is 11.2. The molecular formula is C24H21BrN6O. The summed E-state index contributed by atoms with van der Waals surface area (Å²) in [6.45, 7) is 4.62. The van der Waals surface area contributed by atoms with E-state index in [9.17, 15) is 4.79 Å². The van der Waals surface area contributed by atoms with Gasteiger partial charge in [0.25, 0.3) is 5.91 Å². The van der Waals surface area contributed by atoms with Gasteiger partial charge in [-0.1, -0.05) is 35.0 Å². The first-order chi connectivity index (χ1) is 15.5. The molecule has 5 rings (SSSR count). The molecular weight excluding hydrogens is 468 g/mol. The molecule has 8 heteroatoms. The minimum Gasteiger partial charge on any atom is -0.320 e. The number of nitrogens with zero attached hydrogens (tertiary/aromatic N) is 5. The maximum Gasteiger partial charge on any atom is 0.274 e. The normalized spacial score (nSPS) is 11.3. The Morgan fingerprint density at radius 3 is 2.81 bits per heavy atom. The predicted octanol–water partition coefficient (Wildman–Crippen LogP) is 5.01. The van der Waals surface area contributed by atoms with Gasteiger partial charge in [-0.05, 0) is 49.7 Å². The number of carbonyl (C=O) groups excluding carboxylic acids is 1. The number of rotatable bonds is 5. The lowest BCUT2D eigenvalue weighted by molar-refractivity contribution is 0.102. The minimum absolute atomic E-state index is 0.220. The number of amides is 1. The topological polar surface area (TPSA) is 77.1 Å². The highest BCUT2D eigenvalue weighted by molar-refractivity contribution is 9.10. The van der Waals surface area contributed by atoms with Crippen molar-refractivity contribution in [2.45, 2.75) is 26.8 Å². The van der Waals surface area contributed by atoms with E-state index in [-0.39, 0.29) is 5.91 Å². The number of benzene rings is 1. The van der Waals surface area contributed by atoms with Gasteiger partial charge in [0.15, 0.2) is 0 Å². The van der Waals surface area contributed by atoms with E-state index in [2.05, 4.69) is 38.1 Å². The van der Waals surface area contributed by atoms with Crippen LogP contribution in [-0.4, -0.2) is 30.1 Å². The zero-order valence-electron chi connectivity index (χ0n) is 17.7. The fourth-order valence-electron chi connectivity index (χ4n) is 3.93. The molecule has 1 amide bonds. The lowest BCUT2D eigenvalue weighted by Crippen LogP contribution is -2.14. The fraction of sp³-hybridized carbons (Fsp3) is 0.167. The third kappa shape index (κ3) is 3.67. The third-order valence-electron chi connectivity index (χ3n) is 5.40. The molecule has 5 aromatic rings. The number of carbonyl (C=O) groups is 1. The molecule has 4 heterocycles. The molecule has 160 valence electrons. The van der Waals surface area contributed by atoms with Gasteiger partial charge in [-0.25, -0.2) is 4.98 Å². The Labute approximate surface area is 193 Å². The van der Waals surface area contributed by atoms with Crippen molar-refractivity contribution in [3.05, 3.63) is 88.2 Å². The summed E-state index contributed by atoms with van der Waals surface area (Å²) in [5.74, 6) is -0.220. The number of pyridine rings is 2. The maximum absolute atomic E-state index is 13.1. The Bertz CT molecular complexity index is 1470. The van der Waals surface area contributed by atoms with Crippen molar-refractivity contribution < 1.29 is 4.79 Å². The molecule has 7 nitrogen and oxygen atoms in total. The van der Waals surface area contributed by atoms with Crippen LogP contribution in [0.5, 0.6) is 0 Å². The SMILES string of the molecule is CCc1nn(Cc2cccc(C)n2)c2cccc(NC(=O)c3cnc4cc(Br)ccn34)c12. The van der Waals surface area contributed by atoms with Crippen LogP contribution in [0.1, 0.15) is 34.5 Å². The molecule has 1 aromatic carbocycles. The third-order valence-corrected chi connectivity index (χ3v) is 5.89. The second kappa shape index (κ2) is 8.20. The highest BCUT2D eigenvalue weighted by atomic mass is 79.9. The summed E-state index contributed by atoms with van der Waals surface area (Å²) in [6.07, 6.45) is 4.17. The zero-order valence-corrected chi connectivity index (χ0v) is 19.3. The van der Waals surface area contributed by atoms with Crippen LogP contribution in [0.25, 0.3) is 16.6 Å². The standard InChI is InChI=1S/C24H21BrN6O/c1-3-18-23-19(28-24(32)21-13-26-22-12-16(25)10-11-30(21)22)8-5-9-20(23)31(29-18)14-17-7-4-6-15(2)27-17/h4-13H,3,14H2,1-2H3,(H,28,32). The highest BCUT2D eigenvalue weighted by Crippen LogP contribution is 2.28. The van der Waals surface area contributed by atoms with Crippen molar-refractivity contribution in [2.75, 3.05) is 5.32 Å². The summed E-state index contributed by atoms with van der Waals surface area (Å²) in [5.41, 5.74) is 5.73. The molecule has 0 saturated carbocycles. The molecule has 0 bridgehead atoms. The summed E-state index contributed by atoms with van der Waals surface area (Å²) in [5, 5.41) is 8.85. The molecule has 0 aliphatic carbocycles. The number of halogens is 1. The number of hydrogen-bond acceptors (Lipinski definition) is 4. The summed E-state index contributed by atoms with van der Waals surface area (Å²) in [7, 11) is 0. The summed E-state index contributed by atoms with van der Waals surface area (Å²) >= 11 is 3.44. The summed E-state index contributed by atoms with van der Waals surface area (Å²) in [6, 6.07) is 15.6. The molecule has 0 radical (unpaired) electrons. The van der Waals surface area contributed by atoms with Gasteiger partial charge < -0.3 is 5.32 Å². The van der Waals surface area contributed by atoms with Gasteiger partial charge >= 0.3 is 0 Å². The van der Waals surface area contributed by atoms with E-state index in [1.54, 1.807) is 10.6 Å². The number of fused-ring (bicyclic) bond motifs is 2. The maximum atomic E-state index is 13.1. The van der Waals surface area contributed by atoms with Crippen LogP contribution in [0.15, 0.2) is 65.4 Å². The number of imidazole rings is 1. The van der Waals surface area contributed by atoms with Crippen molar-refractivity contribution in [1.29, 1.82) is 0 Å². The molecule has 4 aromatic heterocycles. The van der Waals surface area contributed by atoms with Crippen LogP contribution in [-0.2, 0) is 13.0 Å². The second-order valence-corrected chi connectivity index (χ2v) is 8.51. The number of anilines is 1. The van der Waals surface area contributed by atoms with Gasteiger partial charge in [0.05, 0.1) is 35.3 Å². The van der Waals surface area contributed by atoms with E-state index in [0.717, 1.165) is 44.6 Å². The Morgan fingerprint density at radius 2 is 2.00 bits per heavy atom. The second-order valence-electron chi connectivity index (χ2n) is 7.60. The van der Waals surface area contributed by atoms with Crippen LogP contribution < -0.4 is 5.32 Å². The van der Waals surface area contributed by atoms with E-state index in [0.29, 0.717) is 17.9 Å². The largest absolute Gasteiger partial charge is 0.320 e. The zero-order chi connectivity index (χ0) is 22.2. The number of hydrogen-bond donors (Lipinski definition) is 1. The lowest BCUT2D eigenvalue weighted by atomic mass is 10.1. The number of nitrogens with one attached hydrogen (secondary N) is 1. The summed E-state index contributed by atoms with van der Waals surface area (Å²) < 4.78 is 4.64. The van der Waals surface area contributed by atoms with Crippen LogP contribution >= 0.6 is 15.9 Å². The molecule has 0 spiro atoms. The van der Waals surface area contributed by atoms with Gasteiger partial charge in [0.2, 0.25) is 0 Å². The van der Waals surface area contributed by atoms with Crippen LogP contribution in [0.3, 0.4) is 0 Å².